The van der Waals surface area contributed by atoms with E-state index >= 15 is 0 Å². The highest BCUT2D eigenvalue weighted by molar-refractivity contribution is 6.26. The van der Waals surface area contributed by atoms with Crippen molar-refractivity contribution in [2.45, 2.75) is 0 Å². The molecular weight excluding hydrogens is 617 g/mol. The lowest BCUT2D eigenvalue weighted by molar-refractivity contribution is 0.669. The summed E-state index contributed by atoms with van der Waals surface area (Å²) in [5.74, 6) is 0. The number of hydrogen-bond donors (Lipinski definition) is 0. The van der Waals surface area contributed by atoms with Crippen LogP contribution in [0.3, 0.4) is 0 Å². The first-order chi connectivity index (χ1) is 37.8. The van der Waals surface area contributed by atoms with Gasteiger partial charge in [-0.3, -0.25) is 0 Å². The van der Waals surface area contributed by atoms with Crippen LogP contribution in [-0.2, 0) is 0 Å². The van der Waals surface area contributed by atoms with Gasteiger partial charge in [-0.05, 0) is 111 Å². The minimum atomic E-state index is -1.12. The molecule has 10 aromatic carbocycles. The SMILES string of the molecule is [2H]c1c([2H])c([2H])c2c([2H])c(-c3c4c([2H])c([2H])c([2H])c([2H])c4c(-c4c(-c5c([2H])c([2H])c6c(oc7c([2H])c([2H])c8c([2H])c([2H])c([2H])c([2H])c8c76)c5[2H])c([2H])c([2H])c5c([2H])c([2H])c([2H])c([2H])c45)c4c([2H])c([2H])c([2H])c([2H])c34)c([2H])c([2H])c2c1[2H]. The Morgan fingerprint density at radius 3 is 1.57 bits per heavy atom. The lowest BCUT2D eigenvalue weighted by Crippen LogP contribution is -1.94. The second-order valence-electron chi connectivity index (χ2n) is 11.3. The van der Waals surface area contributed by atoms with Crippen LogP contribution in [0, 0.1) is 0 Å². The van der Waals surface area contributed by atoms with Crippen LogP contribution in [0.25, 0.3) is 109 Å². The van der Waals surface area contributed by atoms with Gasteiger partial charge in [0.25, 0.3) is 0 Å². The number of fused-ring (bicyclic) bond motifs is 9. The molecule has 0 saturated carbocycles. The maximum Gasteiger partial charge on any atom is 0.136 e. The molecule has 1 heterocycles. The zero-order valence-corrected chi connectivity index (χ0v) is 25.4. The van der Waals surface area contributed by atoms with E-state index in [0.29, 0.717) is 0 Å². The largest absolute Gasteiger partial charge is 0.456 e. The third-order valence-electron chi connectivity index (χ3n) is 8.57. The molecule has 0 bridgehead atoms. The van der Waals surface area contributed by atoms with Gasteiger partial charge >= 0.3 is 0 Å². The summed E-state index contributed by atoms with van der Waals surface area (Å²) in [5, 5.41) is -8.10. The van der Waals surface area contributed by atoms with Crippen molar-refractivity contribution in [3.63, 3.8) is 0 Å². The van der Waals surface area contributed by atoms with Crippen LogP contribution in [0.2, 0.25) is 0 Å². The van der Waals surface area contributed by atoms with Crippen molar-refractivity contribution in [2.75, 3.05) is 0 Å². The second-order valence-corrected chi connectivity index (χ2v) is 11.3. The Hall–Kier alpha value is -6.70. The maximum absolute atomic E-state index is 9.89. The van der Waals surface area contributed by atoms with Crippen molar-refractivity contribution < 1.29 is 45.5 Å². The molecule has 236 valence electrons. The van der Waals surface area contributed by atoms with Gasteiger partial charge in [-0.1, -0.05) is 157 Å². The second kappa shape index (κ2) is 10.9. The van der Waals surface area contributed by atoms with Gasteiger partial charge in [0, 0.05) is 10.8 Å². The number of rotatable bonds is 3. The standard InChI is InChI=1S/C50H30O/c1-2-14-34-29-36(22-21-31(34)11-1)47-40-17-7-9-19-42(40)50(43-20-10-8-18-41(43)47)49-38-16-6-4-12-32(38)23-26-39(49)35-24-27-44-46(30-35)51-45-28-25-33-13-3-5-15-37(33)48(44)45/h1-30H/i1D,2D,3D,4D,5D,6D,7D,8D,9D,10D,11D,12D,13D,14D,15D,16D,17D,18D,19D,20D,21D,22D,23D,24D,25D,26D,27D,28D,29D,30D. The van der Waals surface area contributed by atoms with Crippen LogP contribution in [0.1, 0.15) is 41.1 Å². The fourth-order valence-electron chi connectivity index (χ4n) is 6.45. The molecule has 0 aliphatic heterocycles. The van der Waals surface area contributed by atoms with Crippen LogP contribution in [-0.4, -0.2) is 0 Å². The van der Waals surface area contributed by atoms with Crippen molar-refractivity contribution in [1.82, 2.24) is 0 Å². The van der Waals surface area contributed by atoms with Crippen molar-refractivity contribution in [3.8, 4) is 33.4 Å². The molecule has 1 aromatic heterocycles. The van der Waals surface area contributed by atoms with Gasteiger partial charge in [-0.25, -0.2) is 0 Å². The molecule has 0 radical (unpaired) electrons. The topological polar surface area (TPSA) is 13.1 Å². The van der Waals surface area contributed by atoms with Crippen LogP contribution in [0.5, 0.6) is 0 Å². The predicted octanol–water partition coefficient (Wildman–Crippen LogP) is 14.4. The van der Waals surface area contributed by atoms with E-state index in [4.69, 9.17) is 29.1 Å². The summed E-state index contributed by atoms with van der Waals surface area (Å²) in [6.45, 7) is 0. The van der Waals surface area contributed by atoms with Gasteiger partial charge < -0.3 is 4.42 Å². The smallest absolute Gasteiger partial charge is 0.136 e. The van der Waals surface area contributed by atoms with Crippen molar-refractivity contribution in [2.24, 2.45) is 0 Å². The van der Waals surface area contributed by atoms with Gasteiger partial charge in [0.15, 0.2) is 0 Å². The van der Waals surface area contributed by atoms with Crippen LogP contribution in [0.4, 0.5) is 0 Å². The van der Waals surface area contributed by atoms with Gasteiger partial charge in [-0.2, -0.15) is 0 Å². The minimum Gasteiger partial charge on any atom is -0.456 e. The van der Waals surface area contributed by atoms with Crippen LogP contribution >= 0.6 is 0 Å². The monoisotopic (exact) mass is 676 g/mol. The lowest BCUT2D eigenvalue weighted by Gasteiger charge is -2.21. The summed E-state index contributed by atoms with van der Waals surface area (Å²) in [6, 6.07) is -28.9. The molecule has 51 heavy (non-hydrogen) atoms. The summed E-state index contributed by atoms with van der Waals surface area (Å²) in [5.41, 5.74) is -6.52. The van der Waals surface area contributed by atoms with Gasteiger partial charge in [0.1, 0.15) is 11.2 Å². The molecule has 0 unspecified atom stereocenters. The summed E-state index contributed by atoms with van der Waals surface area (Å²) < 4.78 is 280. The van der Waals surface area contributed by atoms with Crippen molar-refractivity contribution in [3.05, 3.63) is 181 Å². The zero-order valence-electron chi connectivity index (χ0n) is 55.4. The number of hydrogen-bond acceptors (Lipinski definition) is 1. The Kier molecular flexibility index (Phi) is 2.50. The quantitative estimate of drug-likeness (QED) is 0.170. The summed E-state index contributed by atoms with van der Waals surface area (Å²) in [6.07, 6.45) is 0. The highest BCUT2D eigenvalue weighted by atomic mass is 16.3. The Morgan fingerprint density at radius 2 is 0.843 bits per heavy atom. The third-order valence-corrected chi connectivity index (χ3v) is 8.57. The fraction of sp³-hybridized carbons (Fsp3) is 0. The Morgan fingerprint density at radius 1 is 0.314 bits per heavy atom. The highest BCUT2D eigenvalue weighted by Crippen LogP contribution is 2.49. The van der Waals surface area contributed by atoms with Gasteiger partial charge in [0.05, 0.1) is 41.1 Å². The number of benzene rings is 10. The zero-order chi connectivity index (χ0) is 59.6. The van der Waals surface area contributed by atoms with E-state index in [1.54, 1.807) is 0 Å². The van der Waals surface area contributed by atoms with E-state index in [1.165, 1.54) is 0 Å². The minimum absolute atomic E-state index is 0.408. The fourth-order valence-corrected chi connectivity index (χ4v) is 6.45. The molecule has 11 rings (SSSR count). The molecular formula is C50H30O. The lowest BCUT2D eigenvalue weighted by atomic mass is 9.82. The molecule has 11 aromatic rings. The van der Waals surface area contributed by atoms with E-state index in [-0.39, 0.29) is 0 Å². The Balaban J connectivity index is 1.49. The summed E-state index contributed by atoms with van der Waals surface area (Å²) in [4.78, 5) is 0. The third kappa shape index (κ3) is 4.22. The summed E-state index contributed by atoms with van der Waals surface area (Å²) in [7, 11) is 0. The van der Waals surface area contributed by atoms with E-state index < -0.39 is 290 Å². The molecule has 0 N–H and O–H groups in total. The molecule has 0 aliphatic rings. The van der Waals surface area contributed by atoms with E-state index in [0.717, 1.165) is 0 Å². The maximum atomic E-state index is 9.89. The average Bonchev–Trinajstić information content (AvgIpc) is 2.39. The van der Waals surface area contributed by atoms with Crippen molar-refractivity contribution >= 4 is 75.8 Å². The average molecular weight is 677 g/mol. The molecule has 0 spiro atoms. The normalized spacial score (nSPS) is 20.2. The Labute approximate surface area is 336 Å². The van der Waals surface area contributed by atoms with E-state index in [1.807, 2.05) is 0 Å². The van der Waals surface area contributed by atoms with Crippen LogP contribution < -0.4 is 0 Å². The molecule has 0 atom stereocenters. The molecule has 0 amide bonds. The first-order valence-corrected chi connectivity index (χ1v) is 15.2. The Bertz CT molecular complexity index is 4850. The molecule has 0 saturated heterocycles. The number of furan rings is 1. The molecule has 0 fully saturated rings. The first-order valence-electron chi connectivity index (χ1n) is 30.2. The van der Waals surface area contributed by atoms with Crippen molar-refractivity contribution in [1.29, 1.82) is 0 Å². The molecule has 1 heteroatoms. The highest BCUT2D eigenvalue weighted by Gasteiger charge is 2.22. The van der Waals surface area contributed by atoms with Gasteiger partial charge in [-0.15, -0.1) is 0 Å². The predicted molar refractivity (Wildman–Crippen MR) is 218 cm³/mol. The summed E-state index contributed by atoms with van der Waals surface area (Å²) >= 11 is 0. The van der Waals surface area contributed by atoms with E-state index in [2.05, 4.69) is 0 Å². The van der Waals surface area contributed by atoms with Crippen LogP contribution in [0.15, 0.2) is 186 Å². The molecule has 1 nitrogen and oxygen atoms in total. The van der Waals surface area contributed by atoms with Gasteiger partial charge in [0.2, 0.25) is 0 Å². The first kappa shape index (κ1) is 11.7. The molecule has 0 aliphatic carbocycles. The van der Waals surface area contributed by atoms with E-state index in [9.17, 15) is 16.4 Å².